The number of rotatable bonds is 10. The predicted octanol–water partition coefficient (Wildman–Crippen LogP) is 6.91. The fourth-order valence-electron chi connectivity index (χ4n) is 4.33. The van der Waals surface area contributed by atoms with Gasteiger partial charge in [-0.25, -0.2) is 8.78 Å². The molecule has 0 aliphatic carbocycles. The topological polar surface area (TPSA) is 92.6 Å². The second-order valence-electron chi connectivity index (χ2n) is 9.15. The Labute approximate surface area is 243 Å². The summed E-state index contributed by atoms with van der Waals surface area (Å²) in [5.41, 5.74) is 0.493. The van der Waals surface area contributed by atoms with Crippen molar-refractivity contribution in [1.82, 2.24) is 10.2 Å². The Hall–Kier alpha value is -4.09. The van der Waals surface area contributed by atoms with Crippen LogP contribution in [-0.2, 0) is 15.3 Å². The SMILES string of the molecule is CCCCOc1ccc(/C(O)=C2/C(=O)C(=O)N(c3nnc(SCc4ccccc4F)s3)C2c2ccccc2F)cc1. The van der Waals surface area contributed by atoms with Gasteiger partial charge in [-0.1, -0.05) is 72.8 Å². The molecule has 1 fully saturated rings. The maximum Gasteiger partial charge on any atom is 0.301 e. The van der Waals surface area contributed by atoms with Gasteiger partial charge < -0.3 is 9.84 Å². The van der Waals surface area contributed by atoms with E-state index in [0.29, 0.717) is 22.3 Å². The lowest BCUT2D eigenvalue weighted by Gasteiger charge is -2.22. The van der Waals surface area contributed by atoms with E-state index in [1.807, 2.05) is 0 Å². The number of nitrogens with zero attached hydrogens (tertiary/aromatic N) is 3. The number of aromatic nitrogens is 2. The smallest absolute Gasteiger partial charge is 0.301 e. The Morgan fingerprint density at radius 1 is 1.00 bits per heavy atom. The molecule has 210 valence electrons. The van der Waals surface area contributed by atoms with Gasteiger partial charge in [0.15, 0.2) is 4.34 Å². The number of carbonyl (C=O) groups is 2. The Morgan fingerprint density at radius 2 is 1.71 bits per heavy atom. The molecule has 1 saturated heterocycles. The van der Waals surface area contributed by atoms with Gasteiger partial charge in [0.1, 0.15) is 29.2 Å². The summed E-state index contributed by atoms with van der Waals surface area (Å²) in [6, 6.07) is 17.3. The molecule has 1 aliphatic rings. The van der Waals surface area contributed by atoms with E-state index in [9.17, 15) is 19.1 Å². The van der Waals surface area contributed by atoms with Crippen LogP contribution in [0.4, 0.5) is 13.9 Å². The van der Waals surface area contributed by atoms with Gasteiger partial charge in [0.2, 0.25) is 5.13 Å². The zero-order valence-corrected chi connectivity index (χ0v) is 23.6. The number of halogens is 2. The number of unbranched alkanes of at least 4 members (excludes halogenated alkanes) is 1. The Morgan fingerprint density at radius 3 is 2.41 bits per heavy atom. The number of anilines is 1. The maximum absolute atomic E-state index is 15.1. The van der Waals surface area contributed by atoms with E-state index in [0.717, 1.165) is 29.1 Å². The van der Waals surface area contributed by atoms with Crippen LogP contribution in [0.25, 0.3) is 5.76 Å². The van der Waals surface area contributed by atoms with Crippen LogP contribution in [0.5, 0.6) is 5.75 Å². The lowest BCUT2D eigenvalue weighted by Crippen LogP contribution is -2.29. The molecular weight excluding hydrogens is 568 g/mol. The first-order chi connectivity index (χ1) is 19.9. The first-order valence-corrected chi connectivity index (χ1v) is 14.7. The van der Waals surface area contributed by atoms with Crippen LogP contribution in [0, 0.1) is 11.6 Å². The number of hydrogen-bond donors (Lipinski definition) is 1. The van der Waals surface area contributed by atoms with E-state index in [4.69, 9.17) is 4.74 Å². The molecule has 0 bridgehead atoms. The molecule has 1 aromatic heterocycles. The number of thioether (sulfide) groups is 1. The molecule has 11 heteroatoms. The third kappa shape index (κ3) is 6.01. The van der Waals surface area contributed by atoms with Crippen molar-refractivity contribution in [2.24, 2.45) is 0 Å². The zero-order valence-electron chi connectivity index (χ0n) is 21.9. The van der Waals surface area contributed by atoms with Crippen molar-refractivity contribution in [3.05, 3.63) is 107 Å². The molecule has 7 nitrogen and oxygen atoms in total. The number of ketones is 1. The van der Waals surface area contributed by atoms with Crippen molar-refractivity contribution in [2.75, 3.05) is 11.5 Å². The Kier molecular flexibility index (Phi) is 8.75. The first-order valence-electron chi connectivity index (χ1n) is 12.9. The van der Waals surface area contributed by atoms with Crippen molar-refractivity contribution in [2.45, 2.75) is 35.9 Å². The lowest BCUT2D eigenvalue weighted by molar-refractivity contribution is -0.132. The number of carbonyl (C=O) groups excluding carboxylic acids is 2. The second-order valence-corrected chi connectivity index (χ2v) is 11.3. The van der Waals surface area contributed by atoms with E-state index in [1.165, 1.54) is 36.0 Å². The highest BCUT2D eigenvalue weighted by atomic mass is 32.2. The summed E-state index contributed by atoms with van der Waals surface area (Å²) in [5.74, 6) is -2.54. The van der Waals surface area contributed by atoms with Crippen LogP contribution in [0.3, 0.4) is 0 Å². The van der Waals surface area contributed by atoms with Gasteiger partial charge in [-0.2, -0.15) is 0 Å². The molecule has 0 spiro atoms. The quantitative estimate of drug-likeness (QED) is 0.0533. The maximum atomic E-state index is 15.1. The minimum atomic E-state index is -1.28. The Balaban J connectivity index is 1.50. The molecule has 2 heterocycles. The van der Waals surface area contributed by atoms with Crippen LogP contribution in [-0.4, -0.2) is 33.6 Å². The molecule has 1 amide bonds. The van der Waals surface area contributed by atoms with E-state index in [-0.39, 0.29) is 33.4 Å². The summed E-state index contributed by atoms with van der Waals surface area (Å²) in [6.45, 7) is 2.60. The molecule has 0 radical (unpaired) electrons. The third-order valence-electron chi connectivity index (χ3n) is 6.45. The van der Waals surface area contributed by atoms with Crippen molar-refractivity contribution in [3.63, 3.8) is 0 Å². The molecular formula is C30H25F2N3O4S2. The summed E-state index contributed by atoms with van der Waals surface area (Å²) in [5, 5.41) is 19.5. The number of benzene rings is 3. The van der Waals surface area contributed by atoms with Gasteiger partial charge in [0.25, 0.3) is 5.78 Å². The first kappa shape index (κ1) is 28.4. The van der Waals surface area contributed by atoms with E-state index >= 15 is 4.39 Å². The molecule has 5 rings (SSSR count). The van der Waals surface area contributed by atoms with E-state index in [1.54, 1.807) is 48.5 Å². The van der Waals surface area contributed by atoms with Gasteiger partial charge in [-0.15, -0.1) is 10.2 Å². The fourth-order valence-corrected chi connectivity index (χ4v) is 6.19. The van der Waals surface area contributed by atoms with Crippen molar-refractivity contribution >= 4 is 45.7 Å². The van der Waals surface area contributed by atoms with E-state index < -0.39 is 29.3 Å². The van der Waals surface area contributed by atoms with Crippen molar-refractivity contribution < 1.29 is 28.2 Å². The largest absolute Gasteiger partial charge is 0.507 e. The van der Waals surface area contributed by atoms with Crippen LogP contribution in [0.1, 0.15) is 42.5 Å². The average molecular weight is 594 g/mol. The summed E-state index contributed by atoms with van der Waals surface area (Å²) >= 11 is 2.23. The van der Waals surface area contributed by atoms with Gasteiger partial charge in [-0.05, 0) is 48.4 Å². The summed E-state index contributed by atoms with van der Waals surface area (Å²) in [6.07, 6.45) is 1.87. The highest BCUT2D eigenvalue weighted by Crippen LogP contribution is 2.44. The minimum Gasteiger partial charge on any atom is -0.507 e. The number of hydrogen-bond acceptors (Lipinski definition) is 8. The number of aliphatic hydroxyl groups is 1. The minimum absolute atomic E-state index is 0.0172. The Bertz CT molecular complexity index is 1610. The number of Topliss-reactive ketones (excluding diaryl/α,β-unsaturated/α-hetero) is 1. The molecule has 3 aromatic carbocycles. The number of aliphatic hydroxyl groups excluding tert-OH is 1. The summed E-state index contributed by atoms with van der Waals surface area (Å²) in [4.78, 5) is 27.8. The van der Waals surface area contributed by atoms with Crippen LogP contribution < -0.4 is 9.64 Å². The average Bonchev–Trinajstić information content (AvgIpc) is 3.55. The van der Waals surface area contributed by atoms with E-state index in [2.05, 4.69) is 17.1 Å². The van der Waals surface area contributed by atoms with Crippen molar-refractivity contribution in [3.8, 4) is 5.75 Å². The molecule has 0 saturated carbocycles. The molecule has 1 unspecified atom stereocenters. The number of amides is 1. The standard InChI is InChI=1S/C30H25F2N3O4S2/c1-2-3-16-39-20-14-12-18(13-15-20)26(36)24-25(21-9-5-7-11-23(21)32)35(28(38)27(24)37)29-33-34-30(41-29)40-17-19-8-4-6-10-22(19)31/h4-15,25,36H,2-3,16-17H2,1H3/b26-24-. The monoisotopic (exact) mass is 593 g/mol. The van der Waals surface area contributed by atoms with Crippen LogP contribution in [0.15, 0.2) is 82.7 Å². The lowest BCUT2D eigenvalue weighted by atomic mass is 9.95. The summed E-state index contributed by atoms with van der Waals surface area (Å²) in [7, 11) is 0. The molecule has 1 aliphatic heterocycles. The molecule has 4 aromatic rings. The van der Waals surface area contributed by atoms with Crippen molar-refractivity contribution in [1.29, 1.82) is 0 Å². The molecule has 1 atom stereocenters. The normalized spacial score (nSPS) is 16.4. The third-order valence-corrected chi connectivity index (χ3v) is 8.55. The van der Waals surface area contributed by atoms with Gasteiger partial charge in [0.05, 0.1) is 12.2 Å². The summed E-state index contributed by atoms with van der Waals surface area (Å²) < 4.78 is 35.3. The van der Waals surface area contributed by atoms with Gasteiger partial charge >= 0.3 is 5.91 Å². The highest BCUT2D eigenvalue weighted by Gasteiger charge is 2.49. The zero-order chi connectivity index (χ0) is 28.9. The second kappa shape index (κ2) is 12.6. The van der Waals surface area contributed by atoms with Gasteiger partial charge in [-0.3, -0.25) is 14.5 Å². The van der Waals surface area contributed by atoms with Gasteiger partial charge in [0, 0.05) is 16.9 Å². The van der Waals surface area contributed by atoms with Crippen LogP contribution >= 0.6 is 23.1 Å². The van der Waals surface area contributed by atoms with Crippen LogP contribution in [0.2, 0.25) is 0 Å². The molecule has 41 heavy (non-hydrogen) atoms. The highest BCUT2D eigenvalue weighted by molar-refractivity contribution is 8.00. The predicted molar refractivity (Wildman–Crippen MR) is 154 cm³/mol. The number of ether oxygens (including phenoxy) is 1. The fraction of sp³-hybridized carbons (Fsp3) is 0.200. The molecule has 1 N–H and O–H groups in total.